The Morgan fingerprint density at radius 1 is 1.24 bits per heavy atom. The Hall–Kier alpha value is -2.63. The smallest absolute Gasteiger partial charge is 0.270 e. The summed E-state index contributed by atoms with van der Waals surface area (Å²) in [6, 6.07) is 9.28. The van der Waals surface area contributed by atoms with E-state index in [1.54, 1.807) is 13.0 Å². The lowest BCUT2D eigenvalue weighted by atomic mass is 10.1. The first kappa shape index (κ1) is 18.7. The van der Waals surface area contributed by atoms with Crippen molar-refractivity contribution in [1.29, 1.82) is 0 Å². The van der Waals surface area contributed by atoms with Crippen molar-refractivity contribution in [2.75, 3.05) is 18.5 Å². The van der Waals surface area contributed by atoms with Gasteiger partial charge in [0, 0.05) is 12.6 Å². The summed E-state index contributed by atoms with van der Waals surface area (Å²) in [4.78, 5) is 20.9. The molecule has 6 heteroatoms. The number of nitrogens with zero attached hydrogens (tertiary/aromatic N) is 2. The number of nitrogens with one attached hydrogen (secondary N) is 2. The summed E-state index contributed by atoms with van der Waals surface area (Å²) < 4.78 is 5.61. The van der Waals surface area contributed by atoms with E-state index in [0.29, 0.717) is 36.4 Å². The van der Waals surface area contributed by atoms with Crippen molar-refractivity contribution in [3.8, 4) is 5.75 Å². The van der Waals surface area contributed by atoms with E-state index in [9.17, 15) is 4.79 Å². The van der Waals surface area contributed by atoms with Crippen LogP contribution in [0.5, 0.6) is 5.75 Å². The standard InChI is InChI=1S/C19H26N4O2/c1-5-25-17-9-7-6-8-15(17)23-18-12-16(21-14(4)22-18)19(24)20-11-10-13(2)3/h6-9,12-13H,5,10-11H2,1-4H3,(H,20,24)(H,21,22,23). The van der Waals surface area contributed by atoms with Gasteiger partial charge in [-0.3, -0.25) is 4.79 Å². The molecule has 0 atom stereocenters. The highest BCUT2D eigenvalue weighted by Crippen LogP contribution is 2.26. The van der Waals surface area contributed by atoms with Crippen LogP contribution in [0.15, 0.2) is 30.3 Å². The summed E-state index contributed by atoms with van der Waals surface area (Å²) in [6.45, 7) is 9.16. The zero-order valence-electron chi connectivity index (χ0n) is 15.3. The monoisotopic (exact) mass is 342 g/mol. The second-order valence-corrected chi connectivity index (χ2v) is 6.18. The largest absolute Gasteiger partial charge is 0.492 e. The van der Waals surface area contributed by atoms with Gasteiger partial charge in [0.15, 0.2) is 0 Å². The van der Waals surface area contributed by atoms with Crippen LogP contribution in [0.4, 0.5) is 11.5 Å². The summed E-state index contributed by atoms with van der Waals surface area (Å²) in [5.74, 6) is 2.19. The summed E-state index contributed by atoms with van der Waals surface area (Å²) in [5, 5.41) is 6.11. The van der Waals surface area contributed by atoms with Gasteiger partial charge in [-0.15, -0.1) is 0 Å². The molecule has 0 aliphatic heterocycles. The molecule has 0 saturated heterocycles. The average molecular weight is 342 g/mol. The van der Waals surface area contributed by atoms with E-state index in [1.807, 2.05) is 31.2 Å². The number of aromatic nitrogens is 2. The van der Waals surface area contributed by atoms with Gasteiger partial charge < -0.3 is 15.4 Å². The lowest BCUT2D eigenvalue weighted by molar-refractivity contribution is 0.0946. The summed E-state index contributed by atoms with van der Waals surface area (Å²) in [5.41, 5.74) is 1.15. The molecule has 0 fully saturated rings. The van der Waals surface area contributed by atoms with Crippen molar-refractivity contribution >= 4 is 17.4 Å². The molecule has 134 valence electrons. The van der Waals surface area contributed by atoms with E-state index in [4.69, 9.17) is 4.74 Å². The van der Waals surface area contributed by atoms with E-state index >= 15 is 0 Å². The van der Waals surface area contributed by atoms with Gasteiger partial charge in [0.05, 0.1) is 12.3 Å². The number of hydrogen-bond acceptors (Lipinski definition) is 5. The number of amides is 1. The molecule has 2 rings (SSSR count). The number of rotatable bonds is 8. The van der Waals surface area contributed by atoms with Gasteiger partial charge in [0.1, 0.15) is 23.1 Å². The van der Waals surface area contributed by atoms with Crippen molar-refractivity contribution < 1.29 is 9.53 Å². The van der Waals surface area contributed by atoms with Crippen molar-refractivity contribution in [2.45, 2.75) is 34.1 Å². The molecule has 1 aromatic heterocycles. The Kier molecular flexibility index (Phi) is 6.74. The molecule has 25 heavy (non-hydrogen) atoms. The first-order valence-corrected chi connectivity index (χ1v) is 8.62. The van der Waals surface area contributed by atoms with E-state index in [0.717, 1.165) is 17.9 Å². The topological polar surface area (TPSA) is 76.1 Å². The maximum absolute atomic E-state index is 12.3. The summed E-state index contributed by atoms with van der Waals surface area (Å²) in [6.07, 6.45) is 0.933. The Morgan fingerprint density at radius 3 is 2.72 bits per heavy atom. The predicted molar refractivity (Wildman–Crippen MR) is 99.5 cm³/mol. The van der Waals surface area contributed by atoms with Crippen LogP contribution in [0.3, 0.4) is 0 Å². The van der Waals surface area contributed by atoms with Gasteiger partial charge in [-0.1, -0.05) is 26.0 Å². The first-order valence-electron chi connectivity index (χ1n) is 8.62. The molecule has 0 unspecified atom stereocenters. The van der Waals surface area contributed by atoms with Crippen LogP contribution >= 0.6 is 0 Å². The Morgan fingerprint density at radius 2 is 2.00 bits per heavy atom. The second kappa shape index (κ2) is 9.01. The number of para-hydroxylation sites is 2. The van der Waals surface area contributed by atoms with Gasteiger partial charge in [0.25, 0.3) is 5.91 Å². The van der Waals surface area contributed by atoms with Crippen molar-refractivity contribution in [3.63, 3.8) is 0 Å². The van der Waals surface area contributed by atoms with Crippen molar-refractivity contribution in [3.05, 3.63) is 41.9 Å². The fraction of sp³-hybridized carbons (Fsp3) is 0.421. The van der Waals surface area contributed by atoms with Gasteiger partial charge >= 0.3 is 0 Å². The van der Waals surface area contributed by atoms with Crippen LogP contribution in [0.1, 0.15) is 43.5 Å². The molecule has 0 bridgehead atoms. The first-order chi connectivity index (χ1) is 12.0. The number of ether oxygens (including phenoxy) is 1. The van der Waals surface area contributed by atoms with Gasteiger partial charge in [-0.05, 0) is 38.3 Å². The molecule has 2 aromatic rings. The number of benzene rings is 1. The van der Waals surface area contributed by atoms with Crippen LogP contribution in [-0.2, 0) is 0 Å². The second-order valence-electron chi connectivity index (χ2n) is 6.18. The molecule has 6 nitrogen and oxygen atoms in total. The van der Waals surface area contributed by atoms with E-state index in [1.165, 1.54) is 0 Å². The maximum Gasteiger partial charge on any atom is 0.270 e. The van der Waals surface area contributed by atoms with E-state index < -0.39 is 0 Å². The molecular formula is C19H26N4O2. The molecule has 0 spiro atoms. The molecule has 1 heterocycles. The van der Waals surface area contributed by atoms with Crippen LogP contribution < -0.4 is 15.4 Å². The average Bonchev–Trinajstić information content (AvgIpc) is 2.56. The highest BCUT2D eigenvalue weighted by Gasteiger charge is 2.12. The third-order valence-electron chi connectivity index (χ3n) is 3.53. The molecule has 0 radical (unpaired) electrons. The minimum absolute atomic E-state index is 0.188. The molecule has 2 N–H and O–H groups in total. The SMILES string of the molecule is CCOc1ccccc1Nc1cc(C(=O)NCCC(C)C)nc(C)n1. The Labute approximate surface area is 149 Å². The van der Waals surface area contributed by atoms with Gasteiger partial charge in [0.2, 0.25) is 0 Å². The van der Waals surface area contributed by atoms with Gasteiger partial charge in [-0.2, -0.15) is 0 Å². The minimum Gasteiger partial charge on any atom is -0.492 e. The lowest BCUT2D eigenvalue weighted by Gasteiger charge is -2.13. The van der Waals surface area contributed by atoms with E-state index in [2.05, 4.69) is 34.4 Å². The molecule has 1 aromatic carbocycles. The van der Waals surface area contributed by atoms with Crippen LogP contribution in [0.2, 0.25) is 0 Å². The highest BCUT2D eigenvalue weighted by atomic mass is 16.5. The zero-order valence-corrected chi connectivity index (χ0v) is 15.3. The summed E-state index contributed by atoms with van der Waals surface area (Å²) >= 11 is 0. The molecule has 0 aliphatic carbocycles. The number of aryl methyl sites for hydroxylation is 1. The lowest BCUT2D eigenvalue weighted by Crippen LogP contribution is -2.26. The quantitative estimate of drug-likeness (QED) is 0.765. The predicted octanol–water partition coefficient (Wildman–Crippen LogP) is 3.70. The van der Waals surface area contributed by atoms with Crippen molar-refractivity contribution in [1.82, 2.24) is 15.3 Å². The maximum atomic E-state index is 12.3. The molecule has 0 saturated carbocycles. The number of anilines is 2. The van der Waals surface area contributed by atoms with Crippen LogP contribution in [0, 0.1) is 12.8 Å². The van der Waals surface area contributed by atoms with Crippen molar-refractivity contribution in [2.24, 2.45) is 5.92 Å². The highest BCUT2D eigenvalue weighted by molar-refractivity contribution is 5.93. The Balaban J connectivity index is 2.15. The third-order valence-corrected chi connectivity index (χ3v) is 3.53. The van der Waals surface area contributed by atoms with E-state index in [-0.39, 0.29) is 5.91 Å². The van der Waals surface area contributed by atoms with Crippen LogP contribution in [-0.4, -0.2) is 29.0 Å². The zero-order chi connectivity index (χ0) is 18.2. The summed E-state index contributed by atoms with van der Waals surface area (Å²) in [7, 11) is 0. The normalized spacial score (nSPS) is 10.6. The molecule has 1 amide bonds. The number of carbonyl (C=O) groups is 1. The van der Waals surface area contributed by atoms with Gasteiger partial charge in [-0.25, -0.2) is 9.97 Å². The molecule has 0 aliphatic rings. The minimum atomic E-state index is -0.188. The fourth-order valence-electron chi connectivity index (χ4n) is 2.30. The fourth-order valence-corrected chi connectivity index (χ4v) is 2.30. The Bertz CT molecular complexity index is 716. The third kappa shape index (κ3) is 5.74. The number of carbonyl (C=O) groups excluding carboxylic acids is 1. The number of hydrogen-bond donors (Lipinski definition) is 2. The van der Waals surface area contributed by atoms with Crippen LogP contribution in [0.25, 0.3) is 0 Å². The molecular weight excluding hydrogens is 316 g/mol.